The second-order valence-corrected chi connectivity index (χ2v) is 7.26. The molecule has 0 fully saturated rings. The number of amides is 2. The molecule has 2 rings (SSSR count). The fraction of sp³-hybridized carbons (Fsp3) is 0.381. The van der Waals surface area contributed by atoms with Crippen molar-refractivity contribution in [3.05, 3.63) is 53.7 Å². The van der Waals surface area contributed by atoms with Crippen LogP contribution in [0.25, 0.3) is 0 Å². The van der Waals surface area contributed by atoms with Gasteiger partial charge >= 0.3 is 0 Å². The summed E-state index contributed by atoms with van der Waals surface area (Å²) in [6, 6.07) is 10.4. The Morgan fingerprint density at radius 1 is 1.11 bits per heavy atom. The Hall–Kier alpha value is -2.89. The summed E-state index contributed by atoms with van der Waals surface area (Å²) < 4.78 is 0. The number of nitrogens with zero attached hydrogens (tertiary/aromatic N) is 2. The summed E-state index contributed by atoms with van der Waals surface area (Å²) in [5, 5.41) is 5.73. The van der Waals surface area contributed by atoms with Gasteiger partial charge in [0, 0.05) is 19.7 Å². The zero-order valence-corrected chi connectivity index (χ0v) is 16.6. The van der Waals surface area contributed by atoms with Gasteiger partial charge in [0.2, 0.25) is 5.91 Å². The molecule has 0 aliphatic rings. The van der Waals surface area contributed by atoms with Crippen LogP contribution in [0.5, 0.6) is 0 Å². The molecule has 1 atom stereocenters. The predicted octanol–water partition coefficient (Wildman–Crippen LogP) is 3.24. The molecule has 1 heterocycles. The summed E-state index contributed by atoms with van der Waals surface area (Å²) in [5.74, 6) is 0.576. The standard InChI is InChI=1S/C21H28N4O2/c1-14(2)12-18(24-20(26)17-9-7-6-8-15(17)3)21(27)23-16-10-11-19(22-13-16)25(4)5/h6-11,13-14,18H,12H2,1-5H3,(H,23,27)(H,24,26)/t18-/m0/s1. The molecule has 0 saturated heterocycles. The van der Waals surface area contributed by atoms with Crippen LogP contribution in [0, 0.1) is 12.8 Å². The lowest BCUT2D eigenvalue weighted by Gasteiger charge is -2.21. The molecular formula is C21H28N4O2. The molecule has 0 spiro atoms. The second-order valence-electron chi connectivity index (χ2n) is 7.26. The van der Waals surface area contributed by atoms with Crippen molar-refractivity contribution in [2.75, 3.05) is 24.3 Å². The Morgan fingerprint density at radius 2 is 1.81 bits per heavy atom. The van der Waals surface area contributed by atoms with E-state index in [9.17, 15) is 9.59 Å². The fourth-order valence-electron chi connectivity index (χ4n) is 2.72. The van der Waals surface area contributed by atoms with Gasteiger partial charge in [0.1, 0.15) is 11.9 Å². The molecule has 0 unspecified atom stereocenters. The molecule has 144 valence electrons. The van der Waals surface area contributed by atoms with E-state index < -0.39 is 6.04 Å². The van der Waals surface area contributed by atoms with Gasteiger partial charge in [-0.2, -0.15) is 0 Å². The van der Waals surface area contributed by atoms with E-state index in [0.717, 1.165) is 11.4 Å². The highest BCUT2D eigenvalue weighted by Gasteiger charge is 2.23. The Bertz CT molecular complexity index is 785. The predicted molar refractivity (Wildman–Crippen MR) is 109 cm³/mol. The van der Waals surface area contributed by atoms with E-state index in [-0.39, 0.29) is 17.7 Å². The van der Waals surface area contributed by atoms with Crippen LogP contribution in [0.2, 0.25) is 0 Å². The number of hydrogen-bond donors (Lipinski definition) is 2. The Balaban J connectivity index is 2.11. The minimum Gasteiger partial charge on any atom is -0.363 e. The van der Waals surface area contributed by atoms with Crippen molar-refractivity contribution < 1.29 is 9.59 Å². The summed E-state index contributed by atoms with van der Waals surface area (Å²) in [5.41, 5.74) is 2.06. The van der Waals surface area contributed by atoms with E-state index in [1.165, 1.54) is 0 Å². The van der Waals surface area contributed by atoms with Crippen molar-refractivity contribution >= 4 is 23.3 Å². The monoisotopic (exact) mass is 368 g/mol. The highest BCUT2D eigenvalue weighted by atomic mass is 16.2. The molecule has 6 nitrogen and oxygen atoms in total. The van der Waals surface area contributed by atoms with Crippen molar-refractivity contribution in [3.63, 3.8) is 0 Å². The first kappa shape index (κ1) is 20.4. The second kappa shape index (κ2) is 9.16. The lowest BCUT2D eigenvalue weighted by Crippen LogP contribution is -2.44. The molecule has 27 heavy (non-hydrogen) atoms. The number of anilines is 2. The first-order valence-electron chi connectivity index (χ1n) is 9.08. The number of rotatable bonds is 7. The van der Waals surface area contributed by atoms with Crippen LogP contribution in [0.3, 0.4) is 0 Å². The Morgan fingerprint density at radius 3 is 2.37 bits per heavy atom. The lowest BCUT2D eigenvalue weighted by atomic mass is 10.0. The van der Waals surface area contributed by atoms with Crippen LogP contribution < -0.4 is 15.5 Å². The Labute approximate surface area is 161 Å². The maximum absolute atomic E-state index is 12.8. The largest absolute Gasteiger partial charge is 0.363 e. The van der Waals surface area contributed by atoms with Crippen LogP contribution in [0.4, 0.5) is 11.5 Å². The molecular weight excluding hydrogens is 340 g/mol. The van der Waals surface area contributed by atoms with Gasteiger partial charge in [0.05, 0.1) is 11.9 Å². The SMILES string of the molecule is Cc1ccccc1C(=O)N[C@@H](CC(C)C)C(=O)Nc1ccc(N(C)C)nc1. The van der Waals surface area contributed by atoms with Gasteiger partial charge in [-0.05, 0) is 43.0 Å². The maximum Gasteiger partial charge on any atom is 0.252 e. The van der Waals surface area contributed by atoms with Gasteiger partial charge in [0.15, 0.2) is 0 Å². The van der Waals surface area contributed by atoms with E-state index in [2.05, 4.69) is 15.6 Å². The number of aryl methyl sites for hydroxylation is 1. The van der Waals surface area contributed by atoms with Gasteiger partial charge in [-0.15, -0.1) is 0 Å². The first-order valence-corrected chi connectivity index (χ1v) is 9.08. The van der Waals surface area contributed by atoms with E-state index in [1.54, 1.807) is 18.3 Å². The molecule has 2 aromatic rings. The number of carbonyl (C=O) groups excluding carboxylic acids is 2. The van der Waals surface area contributed by atoms with Crippen LogP contribution in [-0.2, 0) is 4.79 Å². The minimum atomic E-state index is -0.620. The highest BCUT2D eigenvalue weighted by molar-refractivity contribution is 6.01. The number of hydrogen-bond acceptors (Lipinski definition) is 4. The molecule has 2 amide bonds. The topological polar surface area (TPSA) is 74.3 Å². The van der Waals surface area contributed by atoms with Crippen molar-refractivity contribution in [1.29, 1.82) is 0 Å². The Kier molecular flexibility index (Phi) is 6.93. The molecule has 6 heteroatoms. The van der Waals surface area contributed by atoms with E-state index >= 15 is 0 Å². The van der Waals surface area contributed by atoms with Crippen molar-refractivity contribution in [3.8, 4) is 0 Å². The van der Waals surface area contributed by atoms with Crippen LogP contribution in [-0.4, -0.2) is 36.9 Å². The number of pyridine rings is 1. The third kappa shape index (κ3) is 5.81. The highest BCUT2D eigenvalue weighted by Crippen LogP contribution is 2.14. The normalized spacial score (nSPS) is 11.8. The van der Waals surface area contributed by atoms with Crippen LogP contribution in [0.15, 0.2) is 42.6 Å². The summed E-state index contributed by atoms with van der Waals surface area (Å²) in [7, 11) is 3.81. The average molecular weight is 368 g/mol. The summed E-state index contributed by atoms with van der Waals surface area (Å²) in [4.78, 5) is 31.6. The summed E-state index contributed by atoms with van der Waals surface area (Å²) in [6.45, 7) is 5.92. The molecule has 2 N–H and O–H groups in total. The quantitative estimate of drug-likeness (QED) is 0.787. The van der Waals surface area contributed by atoms with Gasteiger partial charge in [0.25, 0.3) is 5.91 Å². The molecule has 0 radical (unpaired) electrons. The molecule has 0 aliphatic heterocycles. The van der Waals surface area contributed by atoms with Gasteiger partial charge in [-0.25, -0.2) is 4.98 Å². The number of benzene rings is 1. The third-order valence-corrected chi connectivity index (χ3v) is 4.19. The van der Waals surface area contributed by atoms with Crippen molar-refractivity contribution in [2.24, 2.45) is 5.92 Å². The first-order chi connectivity index (χ1) is 12.8. The molecule has 1 aromatic carbocycles. The smallest absolute Gasteiger partial charge is 0.252 e. The van der Waals surface area contributed by atoms with E-state index in [4.69, 9.17) is 0 Å². The number of aromatic nitrogens is 1. The molecule has 0 bridgehead atoms. The minimum absolute atomic E-state index is 0.241. The van der Waals surface area contributed by atoms with E-state index in [0.29, 0.717) is 17.7 Å². The average Bonchev–Trinajstić information content (AvgIpc) is 2.61. The van der Waals surface area contributed by atoms with Gasteiger partial charge in [-0.3, -0.25) is 9.59 Å². The zero-order valence-electron chi connectivity index (χ0n) is 16.6. The molecule has 0 saturated carbocycles. The number of nitrogens with one attached hydrogen (secondary N) is 2. The van der Waals surface area contributed by atoms with Crippen molar-refractivity contribution in [2.45, 2.75) is 33.2 Å². The fourth-order valence-corrected chi connectivity index (χ4v) is 2.72. The van der Waals surface area contributed by atoms with Crippen LogP contribution in [0.1, 0.15) is 36.2 Å². The van der Waals surface area contributed by atoms with Crippen LogP contribution >= 0.6 is 0 Å². The lowest BCUT2D eigenvalue weighted by molar-refractivity contribution is -0.118. The zero-order chi connectivity index (χ0) is 20.0. The van der Waals surface area contributed by atoms with Gasteiger partial charge in [-0.1, -0.05) is 32.0 Å². The third-order valence-electron chi connectivity index (χ3n) is 4.19. The number of carbonyl (C=O) groups is 2. The van der Waals surface area contributed by atoms with Gasteiger partial charge < -0.3 is 15.5 Å². The van der Waals surface area contributed by atoms with E-state index in [1.807, 2.05) is 64.0 Å². The summed E-state index contributed by atoms with van der Waals surface area (Å²) in [6.07, 6.45) is 2.16. The summed E-state index contributed by atoms with van der Waals surface area (Å²) >= 11 is 0. The molecule has 0 aliphatic carbocycles. The maximum atomic E-state index is 12.8. The van der Waals surface area contributed by atoms with Crippen molar-refractivity contribution in [1.82, 2.24) is 10.3 Å². The molecule has 1 aromatic heterocycles.